The maximum Gasteiger partial charge on any atom is 0.500 e. The van der Waals surface area contributed by atoms with E-state index in [-0.39, 0.29) is 5.97 Å². The van der Waals surface area contributed by atoms with Gasteiger partial charge in [-0.2, -0.15) is 0 Å². The molecule has 20 heavy (non-hydrogen) atoms. The number of ether oxygens (including phenoxy) is 1. The Kier molecular flexibility index (Phi) is 14.7. The lowest BCUT2D eigenvalue weighted by Crippen LogP contribution is -2.42. The number of carbonyl (C=O) groups excluding carboxylic acids is 1. The van der Waals surface area contributed by atoms with E-state index in [4.69, 9.17) is 18.0 Å². The second-order valence-corrected chi connectivity index (χ2v) is 8.41. The molecule has 0 fully saturated rings. The van der Waals surface area contributed by atoms with Gasteiger partial charge in [0, 0.05) is 43.2 Å². The highest BCUT2D eigenvalue weighted by Gasteiger charge is 2.36. The van der Waals surface area contributed by atoms with Crippen molar-refractivity contribution in [1.29, 1.82) is 0 Å². The van der Waals surface area contributed by atoms with Crippen molar-refractivity contribution < 1.29 is 22.8 Å². The molecule has 7 heteroatoms. The van der Waals surface area contributed by atoms with E-state index in [1.807, 2.05) is 0 Å². The van der Waals surface area contributed by atoms with Crippen LogP contribution in [0.4, 0.5) is 0 Å². The first-order chi connectivity index (χ1) is 9.42. The topological polar surface area (TPSA) is 54.0 Å². The normalized spacial score (nSPS) is 10.7. The van der Waals surface area contributed by atoms with Gasteiger partial charge in [0.05, 0.1) is 6.61 Å². The maximum absolute atomic E-state index is 11.1. The quantitative estimate of drug-likeness (QED) is 0.279. The maximum atomic E-state index is 11.1. The van der Waals surface area contributed by atoms with Crippen LogP contribution in [0, 0.1) is 0 Å². The number of rotatable bonds is 9. The lowest BCUT2D eigenvalue weighted by molar-refractivity contribution is -0.139. The minimum Gasteiger partial charge on any atom is -0.462 e. The van der Waals surface area contributed by atoms with Crippen molar-refractivity contribution in [3.8, 4) is 0 Å². The van der Waals surface area contributed by atoms with Crippen LogP contribution < -0.4 is 0 Å². The van der Waals surface area contributed by atoms with Gasteiger partial charge in [-0.15, -0.1) is 0 Å². The molecule has 0 aromatic heterocycles. The van der Waals surface area contributed by atoms with Crippen molar-refractivity contribution in [1.82, 2.24) is 0 Å². The van der Waals surface area contributed by atoms with E-state index in [1.54, 1.807) is 28.3 Å². The Morgan fingerprint density at radius 3 is 1.95 bits per heavy atom. The first-order valence-electron chi connectivity index (χ1n) is 6.91. The monoisotopic (exact) mass is 322 g/mol. The van der Waals surface area contributed by atoms with E-state index in [9.17, 15) is 4.79 Å². The Morgan fingerprint density at radius 2 is 1.65 bits per heavy atom. The molecule has 0 aliphatic carbocycles. The number of carbonyl (C=O) groups is 1. The summed E-state index contributed by atoms with van der Waals surface area (Å²) in [5.41, 5.74) is 0.397. The van der Waals surface area contributed by atoms with Crippen LogP contribution >= 0.6 is 0 Å². The lowest BCUT2D eigenvalue weighted by atomic mass is 10.4. The number of hydrogen-bond donors (Lipinski definition) is 0. The Hall–Kier alpha value is -0.476. The molecule has 0 radical (unpaired) electrons. The van der Waals surface area contributed by atoms with Gasteiger partial charge >= 0.3 is 14.8 Å². The fourth-order valence-electron chi connectivity index (χ4n) is 1.13. The van der Waals surface area contributed by atoms with Gasteiger partial charge in [-0.3, -0.25) is 0 Å². The van der Waals surface area contributed by atoms with E-state index in [0.717, 1.165) is 0 Å². The van der Waals surface area contributed by atoms with Crippen molar-refractivity contribution in [3.05, 3.63) is 12.2 Å². The molecule has 0 aromatic carbocycles. The predicted octanol–water partition coefficient (Wildman–Crippen LogP) is 1.55. The zero-order valence-corrected chi connectivity index (χ0v) is 16.8. The van der Waals surface area contributed by atoms with Gasteiger partial charge in [0.15, 0.2) is 0 Å². The summed E-state index contributed by atoms with van der Waals surface area (Å²) in [6.45, 7) is 7.63. The lowest BCUT2D eigenvalue weighted by Gasteiger charge is -2.24. The SMILES string of the molecule is C=C(C)C(=O)OCCC[Si](OC)(OC)OC.CCC[SiH3]. The summed E-state index contributed by atoms with van der Waals surface area (Å²) in [6.07, 6.45) is 2.02. The zero-order chi connectivity index (χ0) is 16.0. The van der Waals surface area contributed by atoms with Gasteiger partial charge in [-0.25, -0.2) is 4.79 Å². The van der Waals surface area contributed by atoms with Crippen LogP contribution in [0.25, 0.3) is 0 Å². The van der Waals surface area contributed by atoms with Crippen molar-refractivity contribution >= 4 is 25.0 Å². The molecule has 120 valence electrons. The van der Waals surface area contributed by atoms with Crippen molar-refractivity contribution in [2.45, 2.75) is 38.8 Å². The standard InChI is InChI=1S/C10H20O5Si.C3H10Si/c1-9(2)10(11)15-7-6-8-16(12-3,13-4)14-5;1-2-3-4/h1,6-8H2,2-5H3;2-3H2,1,4H3. The molecule has 0 bridgehead atoms. The summed E-state index contributed by atoms with van der Waals surface area (Å²) >= 11 is 0. The molecular formula is C13H30O5Si2. The van der Waals surface area contributed by atoms with Gasteiger partial charge in [-0.05, 0) is 13.3 Å². The number of hydrogen-bond acceptors (Lipinski definition) is 5. The molecule has 0 rings (SSSR count). The molecule has 0 unspecified atom stereocenters. The molecule has 0 aromatic rings. The molecule has 0 atom stereocenters. The molecule has 0 heterocycles. The average Bonchev–Trinajstić information content (AvgIpc) is 2.48. The van der Waals surface area contributed by atoms with Gasteiger partial charge in [0.1, 0.15) is 0 Å². The minimum atomic E-state index is -2.53. The summed E-state index contributed by atoms with van der Waals surface area (Å²) < 4.78 is 20.6. The Balaban J connectivity index is 0. The summed E-state index contributed by atoms with van der Waals surface area (Å²) in [5, 5.41) is 0. The Labute approximate surface area is 127 Å². The molecule has 0 amide bonds. The fraction of sp³-hybridized carbons (Fsp3) is 0.769. The Bertz CT molecular complexity index is 257. The van der Waals surface area contributed by atoms with Crippen LogP contribution in [0.5, 0.6) is 0 Å². The molecule has 0 aliphatic rings. The van der Waals surface area contributed by atoms with Crippen LogP contribution in [0.3, 0.4) is 0 Å². The third-order valence-electron chi connectivity index (χ3n) is 2.64. The third kappa shape index (κ3) is 10.3. The van der Waals surface area contributed by atoms with E-state index in [2.05, 4.69) is 13.5 Å². The minimum absolute atomic E-state index is 0.316. The first-order valence-corrected chi connectivity index (χ1v) is 10.3. The van der Waals surface area contributed by atoms with Gasteiger partial charge < -0.3 is 18.0 Å². The van der Waals surface area contributed by atoms with Gasteiger partial charge in [0.2, 0.25) is 0 Å². The molecular weight excluding hydrogens is 292 g/mol. The number of esters is 1. The van der Waals surface area contributed by atoms with E-state index >= 15 is 0 Å². The summed E-state index contributed by atoms with van der Waals surface area (Å²) in [7, 11) is 3.52. The summed E-state index contributed by atoms with van der Waals surface area (Å²) in [5.74, 6) is -0.375. The van der Waals surface area contributed by atoms with Crippen LogP contribution in [-0.2, 0) is 22.8 Å². The largest absolute Gasteiger partial charge is 0.500 e. The van der Waals surface area contributed by atoms with Gasteiger partial charge in [-0.1, -0.05) is 26.0 Å². The van der Waals surface area contributed by atoms with Crippen molar-refractivity contribution in [2.75, 3.05) is 27.9 Å². The molecule has 0 aliphatic heterocycles. The highest BCUT2D eigenvalue weighted by atomic mass is 28.4. The zero-order valence-electron chi connectivity index (χ0n) is 13.8. The highest BCUT2D eigenvalue weighted by Crippen LogP contribution is 2.14. The van der Waals surface area contributed by atoms with E-state index in [1.165, 1.54) is 22.7 Å². The fourth-order valence-corrected chi connectivity index (χ4v) is 2.82. The molecule has 0 spiro atoms. The van der Waals surface area contributed by atoms with E-state index < -0.39 is 8.80 Å². The van der Waals surface area contributed by atoms with E-state index in [0.29, 0.717) is 24.6 Å². The van der Waals surface area contributed by atoms with Crippen LogP contribution in [0.1, 0.15) is 26.7 Å². The second-order valence-electron chi connectivity index (χ2n) is 4.32. The summed E-state index contributed by atoms with van der Waals surface area (Å²) in [4.78, 5) is 11.1. The predicted molar refractivity (Wildman–Crippen MR) is 87.0 cm³/mol. The molecule has 0 saturated carbocycles. The highest BCUT2D eigenvalue weighted by molar-refractivity contribution is 6.60. The smallest absolute Gasteiger partial charge is 0.462 e. The van der Waals surface area contributed by atoms with Gasteiger partial charge in [0.25, 0.3) is 0 Å². The molecule has 5 nitrogen and oxygen atoms in total. The Morgan fingerprint density at radius 1 is 1.20 bits per heavy atom. The van der Waals surface area contributed by atoms with Crippen LogP contribution in [0.2, 0.25) is 12.1 Å². The molecule has 0 N–H and O–H groups in total. The molecule has 0 saturated heterocycles. The van der Waals surface area contributed by atoms with Crippen molar-refractivity contribution in [2.24, 2.45) is 0 Å². The van der Waals surface area contributed by atoms with Crippen LogP contribution in [0.15, 0.2) is 12.2 Å². The van der Waals surface area contributed by atoms with Crippen LogP contribution in [-0.4, -0.2) is 53.0 Å². The average molecular weight is 323 g/mol. The van der Waals surface area contributed by atoms with Crippen molar-refractivity contribution in [3.63, 3.8) is 0 Å². The second kappa shape index (κ2) is 13.5. The summed E-state index contributed by atoms with van der Waals surface area (Å²) in [6, 6.07) is 2.07. The third-order valence-corrected chi connectivity index (χ3v) is 6.47. The first kappa shape index (κ1) is 21.8.